The molecule has 2 aliphatic carbocycles. The molecule has 0 bridgehead atoms. The number of nitrogens with zero attached hydrogens (tertiary/aromatic N) is 3. The third-order valence-corrected chi connectivity index (χ3v) is 7.26. The molecule has 0 saturated heterocycles. The molecular formula is C22H27N5O4S. The summed E-state index contributed by atoms with van der Waals surface area (Å²) in [7, 11) is -4.03. The van der Waals surface area contributed by atoms with Gasteiger partial charge in [-0.25, -0.2) is 15.1 Å². The van der Waals surface area contributed by atoms with Crippen molar-refractivity contribution in [3.8, 4) is 0 Å². The number of fused-ring (bicyclic) bond motifs is 2. The van der Waals surface area contributed by atoms with Gasteiger partial charge in [0.1, 0.15) is 17.8 Å². The molecule has 5 rings (SSSR count). The van der Waals surface area contributed by atoms with Gasteiger partial charge in [0.15, 0.2) is 0 Å². The van der Waals surface area contributed by atoms with Crippen LogP contribution in [0.3, 0.4) is 0 Å². The van der Waals surface area contributed by atoms with Crippen LogP contribution in [-0.2, 0) is 20.9 Å². The van der Waals surface area contributed by atoms with Crippen LogP contribution in [0, 0.1) is 12.8 Å². The van der Waals surface area contributed by atoms with Gasteiger partial charge in [-0.05, 0) is 55.4 Å². The number of hydrogen-bond donors (Lipinski definition) is 3. The molecule has 1 fully saturated rings. The van der Waals surface area contributed by atoms with Crippen molar-refractivity contribution in [2.24, 2.45) is 11.1 Å². The zero-order valence-corrected chi connectivity index (χ0v) is 18.6. The second kappa shape index (κ2) is 8.11. The average molecular weight is 458 g/mol. The molecule has 0 spiro atoms. The number of rotatable bonds is 6. The maximum Gasteiger partial charge on any atom is 0.333 e. The van der Waals surface area contributed by atoms with Crippen molar-refractivity contribution in [3.05, 3.63) is 53.5 Å². The van der Waals surface area contributed by atoms with E-state index in [1.165, 1.54) is 16.7 Å². The van der Waals surface area contributed by atoms with Gasteiger partial charge < -0.3 is 15.0 Å². The van der Waals surface area contributed by atoms with Gasteiger partial charge in [-0.15, -0.1) is 0 Å². The summed E-state index contributed by atoms with van der Waals surface area (Å²) in [5.41, 5.74) is 4.86. The van der Waals surface area contributed by atoms with Gasteiger partial charge >= 0.3 is 10.3 Å². The summed E-state index contributed by atoms with van der Waals surface area (Å²) in [5, 5.41) is 19.9. The van der Waals surface area contributed by atoms with E-state index in [0.717, 1.165) is 29.7 Å². The third-order valence-electron chi connectivity index (χ3n) is 6.80. The summed E-state index contributed by atoms with van der Waals surface area (Å²) in [6.45, 7) is 2.03. The van der Waals surface area contributed by atoms with Crippen molar-refractivity contribution in [3.63, 3.8) is 0 Å². The first-order chi connectivity index (χ1) is 15.3. The number of benzene rings is 1. The van der Waals surface area contributed by atoms with E-state index in [2.05, 4.69) is 40.4 Å². The maximum atomic E-state index is 11.1. The van der Waals surface area contributed by atoms with Crippen LogP contribution in [0.25, 0.3) is 11.0 Å². The van der Waals surface area contributed by atoms with E-state index < -0.39 is 16.4 Å². The third kappa shape index (κ3) is 3.99. The van der Waals surface area contributed by atoms with Gasteiger partial charge in [-0.2, -0.15) is 8.42 Å². The Labute approximate surface area is 186 Å². The minimum Gasteiger partial charge on any atom is -0.393 e. The Morgan fingerprint density at radius 2 is 2.12 bits per heavy atom. The summed E-state index contributed by atoms with van der Waals surface area (Å²) in [6.07, 6.45) is 5.98. The molecule has 9 nitrogen and oxygen atoms in total. The second-order valence-corrected chi connectivity index (χ2v) is 10.0. The fraction of sp³-hybridized carbons (Fsp3) is 0.455. The molecule has 1 aromatic carbocycles. The Morgan fingerprint density at radius 1 is 1.28 bits per heavy atom. The number of anilines is 1. The number of aromatic nitrogens is 3. The van der Waals surface area contributed by atoms with E-state index in [4.69, 9.17) is 9.32 Å². The minimum absolute atomic E-state index is 0.0193. The molecule has 10 heteroatoms. The molecule has 4 N–H and O–H groups in total. The first-order valence-electron chi connectivity index (χ1n) is 10.8. The summed E-state index contributed by atoms with van der Waals surface area (Å²) in [5.74, 6) is 0.481. The van der Waals surface area contributed by atoms with Crippen LogP contribution >= 0.6 is 0 Å². The topological polar surface area (TPSA) is 132 Å². The maximum absolute atomic E-state index is 11.1. The van der Waals surface area contributed by atoms with Crippen LogP contribution in [0.1, 0.15) is 48.0 Å². The highest BCUT2D eigenvalue weighted by Crippen LogP contribution is 2.39. The smallest absolute Gasteiger partial charge is 0.333 e. The highest BCUT2D eigenvalue weighted by molar-refractivity contribution is 7.84. The molecule has 4 atom stereocenters. The van der Waals surface area contributed by atoms with E-state index in [1.54, 1.807) is 6.33 Å². The Bertz CT molecular complexity index is 1260. The molecule has 0 amide bonds. The number of hydrogen-bond acceptors (Lipinski definition) is 7. The highest BCUT2D eigenvalue weighted by atomic mass is 32.2. The first kappa shape index (κ1) is 21.3. The van der Waals surface area contributed by atoms with Gasteiger partial charge in [0.05, 0.1) is 24.1 Å². The van der Waals surface area contributed by atoms with Crippen molar-refractivity contribution in [1.82, 2.24) is 14.5 Å². The van der Waals surface area contributed by atoms with Crippen molar-refractivity contribution in [2.75, 3.05) is 11.9 Å². The van der Waals surface area contributed by atoms with Crippen molar-refractivity contribution >= 4 is 27.2 Å². The average Bonchev–Trinajstić information content (AvgIpc) is 3.44. The molecular weight excluding hydrogens is 430 g/mol. The molecule has 32 heavy (non-hydrogen) atoms. The Balaban J connectivity index is 1.37. The zero-order chi connectivity index (χ0) is 22.5. The van der Waals surface area contributed by atoms with Gasteiger partial charge in [-0.3, -0.25) is 4.18 Å². The van der Waals surface area contributed by atoms with Crippen LogP contribution in [0.5, 0.6) is 0 Å². The second-order valence-electron chi connectivity index (χ2n) is 8.79. The van der Waals surface area contributed by atoms with Crippen LogP contribution in [-0.4, -0.2) is 40.8 Å². The summed E-state index contributed by atoms with van der Waals surface area (Å²) >= 11 is 0. The van der Waals surface area contributed by atoms with Gasteiger partial charge in [0.25, 0.3) is 0 Å². The lowest BCUT2D eigenvalue weighted by Gasteiger charge is -2.17. The van der Waals surface area contributed by atoms with Crippen LogP contribution < -0.4 is 10.5 Å². The fourth-order valence-corrected chi connectivity index (χ4v) is 5.56. The van der Waals surface area contributed by atoms with E-state index in [0.29, 0.717) is 12.8 Å². The van der Waals surface area contributed by atoms with Crippen molar-refractivity contribution in [2.45, 2.75) is 50.8 Å². The largest absolute Gasteiger partial charge is 0.393 e. The lowest BCUT2D eigenvalue weighted by Crippen LogP contribution is -2.24. The minimum atomic E-state index is -4.03. The summed E-state index contributed by atoms with van der Waals surface area (Å²) in [6, 6.07) is 8.61. The predicted molar refractivity (Wildman–Crippen MR) is 120 cm³/mol. The van der Waals surface area contributed by atoms with Crippen molar-refractivity contribution < 1.29 is 17.7 Å². The van der Waals surface area contributed by atoms with Crippen molar-refractivity contribution in [1.29, 1.82) is 0 Å². The lowest BCUT2D eigenvalue weighted by atomic mass is 10.0. The Hall–Kier alpha value is -2.53. The molecule has 2 heterocycles. The number of nitrogens with one attached hydrogen (secondary N) is 1. The summed E-state index contributed by atoms with van der Waals surface area (Å²) in [4.78, 5) is 9.00. The molecule has 170 valence electrons. The zero-order valence-electron chi connectivity index (χ0n) is 17.8. The monoisotopic (exact) mass is 457 g/mol. The van der Waals surface area contributed by atoms with E-state index in [-0.39, 0.29) is 24.6 Å². The lowest BCUT2D eigenvalue weighted by molar-refractivity contribution is 0.100. The van der Waals surface area contributed by atoms with Crippen LogP contribution in [0.4, 0.5) is 5.82 Å². The first-order valence-corrected chi connectivity index (χ1v) is 12.3. The quantitative estimate of drug-likeness (QED) is 0.518. The Morgan fingerprint density at radius 3 is 2.94 bits per heavy atom. The molecule has 1 saturated carbocycles. The van der Waals surface area contributed by atoms with E-state index in [9.17, 15) is 13.5 Å². The number of aliphatic hydroxyl groups is 1. The molecule has 3 aromatic rings. The Kier molecular flexibility index (Phi) is 5.40. The molecule has 0 radical (unpaired) electrons. The predicted octanol–water partition coefficient (Wildman–Crippen LogP) is 2.37. The molecule has 2 aliphatic rings. The number of nitrogens with two attached hydrogens (primary N) is 1. The summed E-state index contributed by atoms with van der Waals surface area (Å²) < 4.78 is 28.9. The van der Waals surface area contributed by atoms with Gasteiger partial charge in [-0.1, -0.05) is 18.2 Å². The normalized spacial score (nSPS) is 25.3. The highest BCUT2D eigenvalue weighted by Gasteiger charge is 2.35. The van der Waals surface area contributed by atoms with E-state index >= 15 is 0 Å². The number of aliphatic hydroxyl groups excluding tert-OH is 1. The standard InChI is InChI=1S/C22H27N5O4S/c1-13-3-2-4-17-16(13)5-6-19(17)26-21-18-7-8-27(22(18)25-12-24-21)15-9-14(20(28)10-15)11-31-32(23,29)30/h2-4,7-8,12,14-15,19-20,28H,5-6,9-11H2,1H3,(H2,23,29,30)(H,24,25,26)/t14-,15+,19+,20-/m0/s1. The number of aryl methyl sites for hydroxylation is 1. The SMILES string of the molecule is Cc1cccc2c1CC[C@H]2Nc1ncnc2c1ccn2[C@@H]1C[C@@H](COS(N)(=O)=O)[C@@H](O)C1. The fourth-order valence-electron chi connectivity index (χ4n) is 5.20. The van der Waals surface area contributed by atoms with E-state index in [1.807, 2.05) is 16.8 Å². The molecule has 0 unspecified atom stereocenters. The van der Waals surface area contributed by atoms with Gasteiger partial charge in [0, 0.05) is 18.2 Å². The molecule has 2 aromatic heterocycles. The molecule has 0 aliphatic heterocycles. The van der Waals surface area contributed by atoms with Crippen LogP contribution in [0.15, 0.2) is 36.8 Å². The van der Waals surface area contributed by atoms with Crippen LogP contribution in [0.2, 0.25) is 0 Å². The van der Waals surface area contributed by atoms with Gasteiger partial charge in [0.2, 0.25) is 0 Å².